The summed E-state index contributed by atoms with van der Waals surface area (Å²) in [4.78, 5) is 17.7. The van der Waals surface area contributed by atoms with Crippen LogP contribution in [0.25, 0.3) is 0 Å². The molecule has 3 heterocycles. The number of aromatic nitrogens is 4. The Morgan fingerprint density at radius 1 is 1.02 bits per heavy atom. The fraction of sp³-hybridized carbons (Fsp3) is 0.500. The van der Waals surface area contributed by atoms with E-state index in [1.807, 2.05) is 12.1 Å². The van der Waals surface area contributed by atoms with Gasteiger partial charge >= 0.3 is 18.4 Å². The minimum Gasteiger partial charge on any atom is -0.497 e. The molecular weight excluding hydrogens is 646 g/mol. The van der Waals surface area contributed by atoms with Gasteiger partial charge in [-0.2, -0.15) is 31.1 Å². The Morgan fingerprint density at radius 3 is 2.27 bits per heavy atom. The van der Waals surface area contributed by atoms with Crippen molar-refractivity contribution in [1.29, 1.82) is 0 Å². The first kappa shape index (κ1) is 35.0. The molecular formula is C32H36F6N6O4. The van der Waals surface area contributed by atoms with Crippen LogP contribution in [0.1, 0.15) is 80.0 Å². The number of amides is 1. The minimum absolute atomic E-state index is 0.0327. The maximum atomic E-state index is 13.8. The van der Waals surface area contributed by atoms with E-state index in [2.05, 4.69) is 22.0 Å². The second kappa shape index (κ2) is 13.3. The molecule has 2 aliphatic heterocycles. The first-order chi connectivity index (χ1) is 22.4. The Kier molecular flexibility index (Phi) is 9.68. The molecule has 0 saturated carbocycles. The first-order valence-corrected chi connectivity index (χ1v) is 15.2. The summed E-state index contributed by atoms with van der Waals surface area (Å²) in [5.74, 6) is 0.429. The third-order valence-corrected chi connectivity index (χ3v) is 7.70. The summed E-state index contributed by atoms with van der Waals surface area (Å²) < 4.78 is 99.8. The van der Waals surface area contributed by atoms with Crippen LogP contribution in [0.3, 0.4) is 0 Å². The van der Waals surface area contributed by atoms with E-state index in [-0.39, 0.29) is 37.3 Å². The molecule has 260 valence electrons. The molecule has 3 aromatic rings. The molecule has 0 N–H and O–H groups in total. The van der Waals surface area contributed by atoms with Gasteiger partial charge in [-0.1, -0.05) is 11.7 Å². The topological polar surface area (TPSA) is 94.8 Å². The highest BCUT2D eigenvalue weighted by molar-refractivity contribution is 5.90. The molecule has 48 heavy (non-hydrogen) atoms. The Labute approximate surface area is 273 Å². The molecule has 0 aliphatic carbocycles. The number of rotatable bonds is 8. The highest BCUT2D eigenvalue weighted by Crippen LogP contribution is 2.43. The molecule has 1 aromatic heterocycles. The van der Waals surface area contributed by atoms with Crippen LogP contribution in [-0.4, -0.2) is 45.1 Å². The van der Waals surface area contributed by atoms with E-state index >= 15 is 0 Å². The van der Waals surface area contributed by atoms with Gasteiger partial charge in [-0.15, -0.1) is 5.10 Å². The smallest absolute Gasteiger partial charge is 0.416 e. The number of tetrazole rings is 1. The van der Waals surface area contributed by atoms with Gasteiger partial charge in [0.05, 0.1) is 48.4 Å². The van der Waals surface area contributed by atoms with E-state index < -0.39 is 47.8 Å². The van der Waals surface area contributed by atoms with Crippen molar-refractivity contribution in [2.45, 2.75) is 90.8 Å². The standard InChI is InChI=1S/C32H36F6N6O4/c1-19(2)47-10-9-44-40-28(39-41-44)43(16-20-11-23(31(33,34)35)15-24(12-20)32(36,37)38)26-7-6-8-42(29(45)48-30(3,4)5)27-14-22-18-46-17-21(22)13-25(26)27/h11-15,26H,1,6-10,16-18H2,2-5H3. The number of nitrogens with zero attached hydrogens (tertiary/aromatic N) is 6. The van der Waals surface area contributed by atoms with Gasteiger partial charge in [0.15, 0.2) is 0 Å². The molecule has 1 atom stereocenters. The van der Waals surface area contributed by atoms with Crippen molar-refractivity contribution >= 4 is 17.7 Å². The first-order valence-electron chi connectivity index (χ1n) is 15.2. The van der Waals surface area contributed by atoms with Crippen LogP contribution in [0, 0.1) is 0 Å². The number of carbonyl (C=O) groups excluding carboxylic acids is 1. The van der Waals surface area contributed by atoms with Crippen molar-refractivity contribution in [1.82, 2.24) is 20.2 Å². The number of benzene rings is 2. The van der Waals surface area contributed by atoms with Crippen LogP contribution in [0.15, 0.2) is 42.7 Å². The lowest BCUT2D eigenvalue weighted by molar-refractivity contribution is -0.143. The van der Waals surface area contributed by atoms with E-state index in [0.29, 0.717) is 55.2 Å². The fourth-order valence-corrected chi connectivity index (χ4v) is 5.66. The third kappa shape index (κ3) is 8.20. The number of hydrogen-bond donors (Lipinski definition) is 0. The summed E-state index contributed by atoms with van der Waals surface area (Å²) in [6, 6.07) is 4.45. The molecule has 0 saturated heterocycles. The van der Waals surface area contributed by atoms with Crippen LogP contribution < -0.4 is 9.80 Å². The van der Waals surface area contributed by atoms with Gasteiger partial charge < -0.3 is 19.1 Å². The third-order valence-electron chi connectivity index (χ3n) is 7.70. The Balaban J connectivity index is 1.63. The number of halogens is 6. The van der Waals surface area contributed by atoms with Crippen molar-refractivity contribution in [3.63, 3.8) is 0 Å². The van der Waals surface area contributed by atoms with Crippen LogP contribution >= 0.6 is 0 Å². The largest absolute Gasteiger partial charge is 0.497 e. The van der Waals surface area contributed by atoms with Gasteiger partial charge in [0.2, 0.25) is 0 Å². The molecule has 16 heteroatoms. The summed E-state index contributed by atoms with van der Waals surface area (Å²) in [7, 11) is 0. The lowest BCUT2D eigenvalue weighted by Gasteiger charge is -2.33. The number of carbonyl (C=O) groups is 1. The Hall–Kier alpha value is -4.34. The highest BCUT2D eigenvalue weighted by Gasteiger charge is 2.39. The maximum absolute atomic E-state index is 13.8. The van der Waals surface area contributed by atoms with E-state index in [1.54, 1.807) is 27.7 Å². The summed E-state index contributed by atoms with van der Waals surface area (Å²) in [6.45, 7) is 11.3. The molecule has 5 rings (SSSR count). The lowest BCUT2D eigenvalue weighted by atomic mass is 9.95. The van der Waals surface area contributed by atoms with Gasteiger partial charge in [-0.3, -0.25) is 4.90 Å². The molecule has 0 bridgehead atoms. The molecule has 0 radical (unpaired) electrons. The average molecular weight is 683 g/mol. The predicted molar refractivity (Wildman–Crippen MR) is 162 cm³/mol. The number of allylic oxidation sites excluding steroid dienone is 1. The maximum Gasteiger partial charge on any atom is 0.416 e. The minimum atomic E-state index is -5.03. The van der Waals surface area contributed by atoms with Crippen molar-refractivity contribution in [2.24, 2.45) is 0 Å². The number of fused-ring (bicyclic) bond motifs is 2. The van der Waals surface area contributed by atoms with Crippen LogP contribution in [0.2, 0.25) is 0 Å². The molecule has 0 fully saturated rings. The second-order valence-corrected chi connectivity index (χ2v) is 12.7. The van der Waals surface area contributed by atoms with Crippen LogP contribution in [-0.2, 0) is 52.9 Å². The zero-order chi connectivity index (χ0) is 35.0. The second-order valence-electron chi connectivity index (χ2n) is 12.7. The Bertz CT molecular complexity index is 1630. The van der Waals surface area contributed by atoms with Crippen molar-refractivity contribution in [3.8, 4) is 0 Å². The van der Waals surface area contributed by atoms with E-state index in [4.69, 9.17) is 14.2 Å². The molecule has 1 unspecified atom stereocenters. The van der Waals surface area contributed by atoms with Gasteiger partial charge in [-0.05, 0) is 98.3 Å². The van der Waals surface area contributed by atoms with Gasteiger partial charge in [0.25, 0.3) is 5.95 Å². The van der Waals surface area contributed by atoms with Gasteiger partial charge in [-0.25, -0.2) is 4.79 Å². The Morgan fingerprint density at radius 2 is 1.67 bits per heavy atom. The zero-order valence-corrected chi connectivity index (χ0v) is 26.9. The normalized spacial score (nSPS) is 16.6. The van der Waals surface area contributed by atoms with Crippen molar-refractivity contribution in [3.05, 3.63) is 76.1 Å². The molecule has 0 spiro atoms. The fourth-order valence-electron chi connectivity index (χ4n) is 5.66. The van der Waals surface area contributed by atoms with Crippen LogP contribution in [0.5, 0.6) is 0 Å². The molecule has 10 nitrogen and oxygen atoms in total. The average Bonchev–Trinajstić information content (AvgIpc) is 3.59. The summed E-state index contributed by atoms with van der Waals surface area (Å²) >= 11 is 0. The number of anilines is 2. The lowest BCUT2D eigenvalue weighted by Crippen LogP contribution is -2.37. The van der Waals surface area contributed by atoms with Crippen molar-refractivity contribution in [2.75, 3.05) is 23.0 Å². The predicted octanol–water partition coefficient (Wildman–Crippen LogP) is 7.57. The molecule has 1 amide bonds. The summed E-state index contributed by atoms with van der Waals surface area (Å²) in [6.07, 6.45) is -9.91. The monoisotopic (exact) mass is 682 g/mol. The van der Waals surface area contributed by atoms with Crippen LogP contribution in [0.4, 0.5) is 42.8 Å². The zero-order valence-electron chi connectivity index (χ0n) is 26.9. The quantitative estimate of drug-likeness (QED) is 0.177. The van der Waals surface area contributed by atoms with E-state index in [9.17, 15) is 31.1 Å². The summed E-state index contributed by atoms with van der Waals surface area (Å²) in [5.41, 5.74) is -1.17. The van der Waals surface area contributed by atoms with Gasteiger partial charge in [0, 0.05) is 13.1 Å². The van der Waals surface area contributed by atoms with E-state index in [0.717, 1.165) is 11.1 Å². The molecule has 2 aliphatic rings. The van der Waals surface area contributed by atoms with Gasteiger partial charge in [0.1, 0.15) is 12.2 Å². The SMILES string of the molecule is C=C(C)OCCn1nnc(N(Cc2cc(C(F)(F)F)cc(C(F)(F)F)c2)C2CCCN(C(=O)OC(C)(C)C)c3cc4c(cc32)COC4)n1. The van der Waals surface area contributed by atoms with E-state index in [1.165, 1.54) is 14.6 Å². The highest BCUT2D eigenvalue weighted by atomic mass is 19.4. The van der Waals surface area contributed by atoms with Crippen molar-refractivity contribution < 1.29 is 45.3 Å². The number of alkyl halides is 6. The molecule has 2 aromatic carbocycles. The number of ether oxygens (including phenoxy) is 3. The number of hydrogen-bond acceptors (Lipinski definition) is 8. The summed E-state index contributed by atoms with van der Waals surface area (Å²) in [5, 5.41) is 12.7.